The molecule has 0 heterocycles. The van der Waals surface area contributed by atoms with Gasteiger partial charge in [-0.2, -0.15) is 9.90 Å². The molecule has 0 N–H and O–H groups in total. The molecule has 0 saturated carbocycles. The summed E-state index contributed by atoms with van der Waals surface area (Å²) >= 11 is 0. The molecule has 24 valence electrons. The fourth-order valence-corrected chi connectivity index (χ4v) is 0. The Morgan fingerprint density at radius 1 is 1.20 bits per heavy atom. The smallest absolute Gasteiger partial charge is 1.00 e. The van der Waals surface area contributed by atoms with E-state index in [9.17, 15) is 0 Å². The minimum atomic E-state index is 0. The van der Waals surface area contributed by atoms with Gasteiger partial charge < -0.3 is 5.71 Å². The van der Waals surface area contributed by atoms with Crippen molar-refractivity contribution in [2.24, 2.45) is 0 Å². The van der Waals surface area contributed by atoms with Gasteiger partial charge in [-0.15, -0.1) is 12.4 Å². The van der Waals surface area contributed by atoms with E-state index < -0.39 is 0 Å². The third-order valence-corrected chi connectivity index (χ3v) is 0. The van der Waals surface area contributed by atoms with E-state index in [1.807, 2.05) is 0 Å². The normalized spacial score (nSPS) is 0. The summed E-state index contributed by atoms with van der Waals surface area (Å²) in [6.07, 6.45) is 0. The van der Waals surface area contributed by atoms with Gasteiger partial charge in [-0.1, -0.05) is 0 Å². The Morgan fingerprint density at radius 3 is 1.20 bits per heavy atom. The molecular formula is H8CaClKNaP. The molecule has 0 aromatic rings. The van der Waals surface area contributed by atoms with E-state index in [1.165, 1.54) is 0 Å². The molecule has 0 aromatic carbocycles. The van der Waals surface area contributed by atoms with E-state index in [-0.39, 0.29) is 147 Å². The largest absolute Gasteiger partial charge is 2.00 e. The summed E-state index contributed by atoms with van der Waals surface area (Å²) in [7, 11) is 0. The van der Waals surface area contributed by atoms with Gasteiger partial charge in [-0.25, -0.2) is 0 Å². The van der Waals surface area contributed by atoms with Crippen molar-refractivity contribution in [1.82, 2.24) is 0 Å². The maximum Gasteiger partial charge on any atom is 2.00 e. The maximum atomic E-state index is 0. The first-order chi connectivity index (χ1) is 0. The molecule has 0 rings (SSSR count). The van der Waals surface area contributed by atoms with Gasteiger partial charge >= 0.3 is 119 Å². The average Bonchev–Trinajstić information content (AvgIpc) is 0. The minimum absolute atomic E-state index is 0. The SMILES string of the molecule is Cl.P.[Ca+2].[H-].[H-].[H-].[H-].[K+].[Na+]. The van der Waals surface area contributed by atoms with Gasteiger partial charge in [-0.3, -0.25) is 0 Å². The zero-order valence-corrected chi connectivity index (χ0v) is 13.4. The molecule has 0 aromatic heterocycles. The van der Waals surface area contributed by atoms with Crippen LogP contribution in [0.3, 0.4) is 0 Å². The summed E-state index contributed by atoms with van der Waals surface area (Å²) in [6, 6.07) is 0. The maximum absolute atomic E-state index is 0. The second-order valence-electron chi connectivity index (χ2n) is 0. The first kappa shape index (κ1) is 33.5. The van der Waals surface area contributed by atoms with E-state index in [1.54, 1.807) is 0 Å². The van der Waals surface area contributed by atoms with E-state index in [0.717, 1.165) is 0 Å². The van der Waals surface area contributed by atoms with Crippen LogP contribution in [0.15, 0.2) is 0 Å². The Hall–Kier alpha value is 4.62. The van der Waals surface area contributed by atoms with Crippen molar-refractivity contribution in [2.75, 3.05) is 0 Å². The molecule has 0 saturated heterocycles. The fraction of sp³-hybridized carbons (Fsp3) is 0. The molecule has 5 heteroatoms. The van der Waals surface area contributed by atoms with Crippen LogP contribution in [0.2, 0.25) is 0 Å². The fourth-order valence-electron chi connectivity index (χ4n) is 0. The van der Waals surface area contributed by atoms with Gasteiger partial charge in [0.15, 0.2) is 0 Å². The molecule has 1 atom stereocenters. The first-order valence-corrected chi connectivity index (χ1v) is 0. The van der Waals surface area contributed by atoms with Crippen molar-refractivity contribution in [1.29, 1.82) is 0 Å². The van der Waals surface area contributed by atoms with Crippen LogP contribution in [0.5, 0.6) is 0 Å². The third kappa shape index (κ3) is 17.7. The summed E-state index contributed by atoms with van der Waals surface area (Å²) < 4.78 is 0. The molecule has 1 unspecified atom stereocenters. The van der Waals surface area contributed by atoms with Crippen LogP contribution in [0.25, 0.3) is 0 Å². The van der Waals surface area contributed by atoms with E-state index in [2.05, 4.69) is 0 Å². The number of hydrogen-bond acceptors (Lipinski definition) is 0. The molecule has 0 fully saturated rings. The van der Waals surface area contributed by atoms with Crippen molar-refractivity contribution in [3.05, 3.63) is 0 Å². The van der Waals surface area contributed by atoms with Crippen molar-refractivity contribution >= 4 is 60.0 Å². The Bertz CT molecular complexity index is 20.5. The summed E-state index contributed by atoms with van der Waals surface area (Å²) in [5.41, 5.74) is 0. The number of rotatable bonds is 0. The van der Waals surface area contributed by atoms with Crippen LogP contribution in [-0.2, 0) is 0 Å². The molecule has 0 spiro atoms. The Kier molecular flexibility index (Phi) is 157. The molecule has 0 aliphatic heterocycles. The summed E-state index contributed by atoms with van der Waals surface area (Å²) in [5, 5.41) is 0. The van der Waals surface area contributed by atoms with Crippen molar-refractivity contribution in [3.8, 4) is 0 Å². The number of halogens is 1. The minimum Gasteiger partial charge on any atom is -1.00 e. The summed E-state index contributed by atoms with van der Waals surface area (Å²) in [6.45, 7) is 0. The molecule has 5 heavy (non-hydrogen) atoms. The van der Waals surface area contributed by atoms with E-state index in [4.69, 9.17) is 0 Å². The predicted molar refractivity (Wildman–Crippen MR) is 28.6 cm³/mol. The van der Waals surface area contributed by atoms with Gasteiger partial charge in [0.25, 0.3) is 0 Å². The Balaban J connectivity index is 0. The van der Waals surface area contributed by atoms with Gasteiger partial charge in [0.05, 0.1) is 0 Å². The van der Waals surface area contributed by atoms with Gasteiger partial charge in [0.2, 0.25) is 0 Å². The quantitative estimate of drug-likeness (QED) is 0.255. The van der Waals surface area contributed by atoms with Crippen LogP contribution in [0.4, 0.5) is 0 Å². The third-order valence-electron chi connectivity index (χ3n) is 0. The monoisotopic (exact) mass is 176 g/mol. The van der Waals surface area contributed by atoms with Crippen LogP contribution in [0, 0.1) is 0 Å². The van der Waals surface area contributed by atoms with Crippen LogP contribution < -0.4 is 80.9 Å². The summed E-state index contributed by atoms with van der Waals surface area (Å²) in [5.74, 6) is 0. The van der Waals surface area contributed by atoms with Gasteiger partial charge in [-0.05, 0) is 0 Å². The van der Waals surface area contributed by atoms with Crippen molar-refractivity contribution in [3.63, 3.8) is 0 Å². The molecule has 0 nitrogen and oxygen atoms in total. The van der Waals surface area contributed by atoms with Crippen molar-refractivity contribution < 1.29 is 86.6 Å². The average molecular weight is 177 g/mol. The molecular weight excluding hydrogens is 169 g/mol. The first-order valence-electron chi connectivity index (χ1n) is 0. The molecule has 0 radical (unpaired) electrons. The Morgan fingerprint density at radius 2 is 1.20 bits per heavy atom. The predicted octanol–water partition coefficient (Wildman–Crippen LogP) is -5.44. The molecule has 0 bridgehead atoms. The second-order valence-corrected chi connectivity index (χ2v) is 0. The van der Waals surface area contributed by atoms with E-state index >= 15 is 0 Å². The topological polar surface area (TPSA) is 0 Å². The van der Waals surface area contributed by atoms with E-state index in [0.29, 0.717) is 0 Å². The zero-order valence-electron chi connectivity index (χ0n) is 7.82. The van der Waals surface area contributed by atoms with Gasteiger partial charge in [0.1, 0.15) is 0 Å². The standard InChI is InChI=1S/Ca.ClH.K.Na.H3P.4H/h;1H;;;1H3;;;;/q+2;;2*+1;;4*-1. The van der Waals surface area contributed by atoms with Crippen LogP contribution in [0.1, 0.15) is 5.71 Å². The van der Waals surface area contributed by atoms with Gasteiger partial charge in [0, 0.05) is 0 Å². The number of hydrogen-bond donors (Lipinski definition) is 0. The zero-order chi connectivity index (χ0) is 0. The van der Waals surface area contributed by atoms with Crippen LogP contribution >= 0.6 is 22.3 Å². The second kappa shape index (κ2) is 23.5. The Labute approximate surface area is 143 Å². The molecule has 0 aliphatic carbocycles. The molecule has 0 amide bonds. The summed E-state index contributed by atoms with van der Waals surface area (Å²) in [4.78, 5) is 0. The van der Waals surface area contributed by atoms with Crippen LogP contribution in [-0.4, -0.2) is 37.7 Å². The molecule has 0 aliphatic rings. The van der Waals surface area contributed by atoms with Crippen molar-refractivity contribution in [2.45, 2.75) is 0 Å².